The number of fused-ring (bicyclic) bond motifs is 1. The first kappa shape index (κ1) is 20.4. The van der Waals surface area contributed by atoms with E-state index in [0.29, 0.717) is 37.5 Å². The number of carbonyl (C=O) groups excluding carboxylic acids is 1. The molecular formula is C23H23N7OS. The minimum Gasteiger partial charge on any atom is -0.352 e. The zero-order valence-electron chi connectivity index (χ0n) is 17.8. The highest BCUT2D eigenvalue weighted by Gasteiger charge is 2.27. The predicted molar refractivity (Wildman–Crippen MR) is 125 cm³/mol. The van der Waals surface area contributed by atoms with Crippen LogP contribution in [0.1, 0.15) is 17.3 Å². The van der Waals surface area contributed by atoms with Gasteiger partial charge in [-0.1, -0.05) is 37.3 Å². The molecule has 1 aliphatic rings. The fourth-order valence-electron chi connectivity index (χ4n) is 3.99. The number of hydrogen-bond acceptors (Lipinski definition) is 7. The fraction of sp³-hybridized carbons (Fsp3) is 0.261. The van der Waals surface area contributed by atoms with Crippen molar-refractivity contribution in [3.8, 4) is 11.1 Å². The van der Waals surface area contributed by atoms with E-state index >= 15 is 0 Å². The molecule has 1 aromatic carbocycles. The summed E-state index contributed by atoms with van der Waals surface area (Å²) in [5.41, 5.74) is 2.75. The van der Waals surface area contributed by atoms with Gasteiger partial charge in [0.25, 0.3) is 11.7 Å². The van der Waals surface area contributed by atoms with E-state index in [1.54, 1.807) is 22.5 Å². The monoisotopic (exact) mass is 445 g/mol. The number of rotatable bonds is 5. The van der Waals surface area contributed by atoms with Gasteiger partial charge in [0.2, 0.25) is 0 Å². The smallest absolute Gasteiger partial charge is 0.256 e. The molecule has 1 aliphatic heterocycles. The van der Waals surface area contributed by atoms with Crippen LogP contribution in [0.5, 0.6) is 0 Å². The second-order valence-corrected chi connectivity index (χ2v) is 8.65. The van der Waals surface area contributed by atoms with E-state index in [1.807, 2.05) is 41.4 Å². The minimum absolute atomic E-state index is 0.0395. The summed E-state index contributed by atoms with van der Waals surface area (Å²) in [7, 11) is 0. The predicted octanol–water partition coefficient (Wildman–Crippen LogP) is 3.26. The number of nitrogens with zero attached hydrogens (tertiary/aromatic N) is 7. The van der Waals surface area contributed by atoms with Gasteiger partial charge in [-0.3, -0.25) is 4.79 Å². The Morgan fingerprint density at radius 1 is 1.00 bits per heavy atom. The van der Waals surface area contributed by atoms with Crippen LogP contribution >= 0.6 is 11.8 Å². The highest BCUT2D eigenvalue weighted by atomic mass is 32.2. The van der Waals surface area contributed by atoms with Crippen LogP contribution in [0.15, 0.2) is 66.2 Å². The third-order valence-electron chi connectivity index (χ3n) is 5.51. The summed E-state index contributed by atoms with van der Waals surface area (Å²) in [6.07, 6.45) is 5.12. The van der Waals surface area contributed by atoms with Crippen molar-refractivity contribution >= 4 is 29.3 Å². The second-order valence-electron chi connectivity index (χ2n) is 7.40. The largest absolute Gasteiger partial charge is 0.352 e. The Hall–Kier alpha value is -3.46. The third kappa shape index (κ3) is 3.80. The lowest BCUT2D eigenvalue weighted by Gasteiger charge is -2.36. The lowest BCUT2D eigenvalue weighted by atomic mass is 10.1. The molecule has 0 bridgehead atoms. The molecule has 1 amide bonds. The third-order valence-corrected chi connectivity index (χ3v) is 6.40. The first-order valence-electron chi connectivity index (χ1n) is 10.6. The van der Waals surface area contributed by atoms with Crippen LogP contribution in [0.3, 0.4) is 0 Å². The van der Waals surface area contributed by atoms with E-state index in [2.05, 4.69) is 44.0 Å². The van der Waals surface area contributed by atoms with Crippen LogP contribution < -0.4 is 4.90 Å². The molecule has 0 N–H and O–H groups in total. The number of aromatic nitrogens is 5. The van der Waals surface area contributed by atoms with Crippen LogP contribution in [0.25, 0.3) is 16.9 Å². The molecule has 0 unspecified atom stereocenters. The average molecular weight is 446 g/mol. The zero-order chi connectivity index (χ0) is 21.9. The van der Waals surface area contributed by atoms with E-state index in [9.17, 15) is 4.79 Å². The summed E-state index contributed by atoms with van der Waals surface area (Å²) < 4.78 is 1.79. The van der Waals surface area contributed by atoms with Gasteiger partial charge < -0.3 is 9.80 Å². The van der Waals surface area contributed by atoms with Gasteiger partial charge in [-0.05, 0) is 23.4 Å². The molecule has 0 atom stereocenters. The van der Waals surface area contributed by atoms with Crippen LogP contribution in [0, 0.1) is 0 Å². The highest BCUT2D eigenvalue weighted by Crippen LogP contribution is 2.31. The standard InChI is InChI=1S/C23H23N7OS/c1-2-32-20-18(9-6-10-24-20)22(31)29-13-11-28(12-14-29)21-19(17-7-4-3-5-8-17)15-25-23-26-16-27-30(21)23/h3-10,15-16H,2,11-14H2,1H3. The molecule has 3 aromatic heterocycles. The summed E-state index contributed by atoms with van der Waals surface area (Å²) >= 11 is 1.60. The van der Waals surface area contributed by atoms with Gasteiger partial charge in [-0.25, -0.2) is 9.97 Å². The highest BCUT2D eigenvalue weighted by molar-refractivity contribution is 7.99. The van der Waals surface area contributed by atoms with E-state index in [-0.39, 0.29) is 5.91 Å². The second kappa shape index (κ2) is 8.96. The molecule has 32 heavy (non-hydrogen) atoms. The normalized spacial score (nSPS) is 14.2. The van der Waals surface area contributed by atoms with Crippen LogP contribution in [0.2, 0.25) is 0 Å². The fourth-order valence-corrected chi connectivity index (χ4v) is 4.71. The van der Waals surface area contributed by atoms with Gasteiger partial charge in [0.1, 0.15) is 17.2 Å². The first-order valence-corrected chi connectivity index (χ1v) is 11.6. The van der Waals surface area contributed by atoms with E-state index in [1.165, 1.54) is 6.33 Å². The Labute approximate surface area is 190 Å². The molecule has 0 saturated carbocycles. The van der Waals surface area contributed by atoms with Crippen molar-refractivity contribution in [1.82, 2.24) is 29.5 Å². The van der Waals surface area contributed by atoms with Crippen molar-refractivity contribution in [3.63, 3.8) is 0 Å². The average Bonchev–Trinajstić information content (AvgIpc) is 3.33. The number of carbonyl (C=O) groups is 1. The SMILES string of the molecule is CCSc1ncccc1C(=O)N1CCN(c2c(-c3ccccc3)cnc3ncnn23)CC1. The molecule has 5 rings (SSSR count). The Kier molecular flexibility index (Phi) is 5.72. The number of thioether (sulfide) groups is 1. The Morgan fingerprint density at radius 2 is 1.81 bits per heavy atom. The van der Waals surface area contributed by atoms with Crippen molar-refractivity contribution in [1.29, 1.82) is 0 Å². The van der Waals surface area contributed by atoms with E-state index in [0.717, 1.165) is 27.7 Å². The maximum Gasteiger partial charge on any atom is 0.256 e. The molecule has 9 heteroatoms. The van der Waals surface area contributed by atoms with Gasteiger partial charge in [-0.15, -0.1) is 11.8 Å². The molecule has 1 saturated heterocycles. The topological polar surface area (TPSA) is 79.5 Å². The Morgan fingerprint density at radius 3 is 2.59 bits per heavy atom. The molecule has 8 nitrogen and oxygen atoms in total. The summed E-state index contributed by atoms with van der Waals surface area (Å²) in [6.45, 7) is 4.70. The van der Waals surface area contributed by atoms with E-state index < -0.39 is 0 Å². The Balaban J connectivity index is 1.42. The van der Waals surface area contributed by atoms with Crippen molar-refractivity contribution < 1.29 is 4.79 Å². The molecule has 162 valence electrons. The zero-order valence-corrected chi connectivity index (χ0v) is 18.6. The van der Waals surface area contributed by atoms with Crippen LogP contribution in [-0.4, -0.2) is 67.3 Å². The summed E-state index contributed by atoms with van der Waals surface area (Å²) in [4.78, 5) is 30.5. The molecule has 1 fully saturated rings. The first-order chi connectivity index (χ1) is 15.8. The van der Waals surface area contributed by atoms with Crippen molar-refractivity contribution in [2.24, 2.45) is 0 Å². The van der Waals surface area contributed by atoms with Gasteiger partial charge in [0.15, 0.2) is 0 Å². The lowest BCUT2D eigenvalue weighted by molar-refractivity contribution is 0.0742. The Bertz CT molecular complexity index is 1240. The molecule has 4 aromatic rings. The van der Waals surface area contributed by atoms with Gasteiger partial charge in [0, 0.05) is 44.1 Å². The number of hydrogen-bond donors (Lipinski definition) is 0. The summed E-state index contributed by atoms with van der Waals surface area (Å²) in [6, 6.07) is 13.9. The lowest BCUT2D eigenvalue weighted by Crippen LogP contribution is -2.49. The van der Waals surface area contributed by atoms with Crippen molar-refractivity contribution in [2.75, 3.05) is 36.8 Å². The minimum atomic E-state index is 0.0395. The maximum absolute atomic E-state index is 13.2. The molecule has 0 aliphatic carbocycles. The number of benzene rings is 1. The molecular weight excluding hydrogens is 422 g/mol. The number of anilines is 1. The molecule has 0 spiro atoms. The van der Waals surface area contributed by atoms with Crippen molar-refractivity contribution in [3.05, 3.63) is 66.7 Å². The van der Waals surface area contributed by atoms with E-state index in [4.69, 9.17) is 0 Å². The van der Waals surface area contributed by atoms with Gasteiger partial charge in [-0.2, -0.15) is 14.6 Å². The number of pyridine rings is 1. The van der Waals surface area contributed by atoms with Gasteiger partial charge >= 0.3 is 0 Å². The molecule has 0 radical (unpaired) electrons. The summed E-state index contributed by atoms with van der Waals surface area (Å²) in [5.74, 6) is 2.44. The number of amides is 1. The number of piperazine rings is 1. The summed E-state index contributed by atoms with van der Waals surface area (Å²) in [5, 5.41) is 5.22. The van der Waals surface area contributed by atoms with Crippen molar-refractivity contribution in [2.45, 2.75) is 11.9 Å². The van der Waals surface area contributed by atoms with Crippen LogP contribution in [0.4, 0.5) is 5.82 Å². The van der Waals surface area contributed by atoms with Gasteiger partial charge in [0.05, 0.1) is 5.56 Å². The molecule has 4 heterocycles. The quantitative estimate of drug-likeness (QED) is 0.436. The maximum atomic E-state index is 13.2. The van der Waals surface area contributed by atoms with Crippen LogP contribution in [-0.2, 0) is 0 Å².